The molecule has 2 unspecified atom stereocenters. The highest BCUT2D eigenvalue weighted by Gasteiger charge is 2.35. The van der Waals surface area contributed by atoms with E-state index in [0.29, 0.717) is 25.8 Å². The van der Waals surface area contributed by atoms with Crippen LogP contribution in [0.3, 0.4) is 0 Å². The lowest BCUT2D eigenvalue weighted by Crippen LogP contribution is -2.47. The van der Waals surface area contributed by atoms with Crippen LogP contribution in [0.15, 0.2) is 24.3 Å². The van der Waals surface area contributed by atoms with Crippen LogP contribution in [0.4, 0.5) is 0 Å². The number of hydrogen-bond acceptors (Lipinski definition) is 4. The lowest BCUT2D eigenvalue weighted by molar-refractivity contribution is -0.136. The Labute approximate surface area is 117 Å². The van der Waals surface area contributed by atoms with Crippen molar-refractivity contribution >= 4 is 11.8 Å². The second kappa shape index (κ2) is 5.92. The van der Waals surface area contributed by atoms with Crippen LogP contribution in [0.1, 0.15) is 18.4 Å². The van der Waals surface area contributed by atoms with Crippen molar-refractivity contribution in [2.24, 2.45) is 11.5 Å². The van der Waals surface area contributed by atoms with Gasteiger partial charge < -0.3 is 21.5 Å². The molecule has 2 atom stereocenters. The topological polar surface area (TPSA) is 110 Å². The third kappa shape index (κ3) is 3.08. The van der Waals surface area contributed by atoms with Gasteiger partial charge in [-0.2, -0.15) is 0 Å². The van der Waals surface area contributed by atoms with E-state index in [2.05, 4.69) is 0 Å². The molecule has 0 saturated carbocycles. The van der Waals surface area contributed by atoms with Crippen molar-refractivity contribution in [3.05, 3.63) is 29.8 Å². The maximum atomic E-state index is 11.9. The minimum Gasteiger partial charge on any atom is -0.508 e. The number of phenols is 1. The Morgan fingerprint density at radius 1 is 1.40 bits per heavy atom. The fraction of sp³-hybridized carbons (Fsp3) is 0.429. The third-order valence-corrected chi connectivity index (χ3v) is 3.63. The molecule has 6 heteroatoms. The van der Waals surface area contributed by atoms with Crippen molar-refractivity contribution in [2.45, 2.75) is 31.3 Å². The lowest BCUT2D eigenvalue weighted by atomic mass is 10.0. The molecule has 0 aromatic heterocycles. The molecule has 1 saturated heterocycles. The summed E-state index contributed by atoms with van der Waals surface area (Å²) in [5.74, 6) is -0.522. The number of carbonyl (C=O) groups excluding carboxylic acids is 2. The van der Waals surface area contributed by atoms with Gasteiger partial charge in [-0.25, -0.2) is 0 Å². The van der Waals surface area contributed by atoms with E-state index in [9.17, 15) is 14.7 Å². The number of primary amides is 1. The average Bonchev–Trinajstić information content (AvgIpc) is 2.73. The first-order valence-corrected chi connectivity index (χ1v) is 6.62. The first-order chi connectivity index (χ1) is 9.49. The number of aryl methyl sites for hydroxylation is 1. The number of nitrogens with zero attached hydrogens (tertiary/aromatic N) is 1. The number of nitrogens with two attached hydrogens (primary N) is 2. The van der Waals surface area contributed by atoms with Gasteiger partial charge in [0.25, 0.3) is 0 Å². The van der Waals surface area contributed by atoms with E-state index in [-0.39, 0.29) is 11.7 Å². The van der Waals surface area contributed by atoms with Crippen molar-refractivity contribution in [3.63, 3.8) is 0 Å². The van der Waals surface area contributed by atoms with Crippen molar-refractivity contribution in [1.29, 1.82) is 0 Å². The number of rotatable bonds is 5. The van der Waals surface area contributed by atoms with Crippen LogP contribution in [0.2, 0.25) is 0 Å². The number of hydrogen-bond donors (Lipinski definition) is 3. The molecule has 2 rings (SSSR count). The molecule has 1 heterocycles. The Balaban J connectivity index is 2.01. The summed E-state index contributed by atoms with van der Waals surface area (Å²) >= 11 is 0. The molecule has 0 radical (unpaired) electrons. The molecule has 0 aliphatic carbocycles. The van der Waals surface area contributed by atoms with E-state index >= 15 is 0 Å². The van der Waals surface area contributed by atoms with Crippen molar-refractivity contribution in [3.8, 4) is 5.75 Å². The Hall–Kier alpha value is -2.08. The molecule has 1 aromatic rings. The second-order valence-corrected chi connectivity index (χ2v) is 5.05. The summed E-state index contributed by atoms with van der Waals surface area (Å²) in [6, 6.07) is 5.60. The molecule has 20 heavy (non-hydrogen) atoms. The highest BCUT2D eigenvalue weighted by molar-refractivity contribution is 5.90. The number of carbonyl (C=O) groups is 2. The number of phenolic OH excluding ortho intramolecular Hbond substituents is 1. The molecule has 1 aromatic carbocycles. The molecule has 1 aliphatic heterocycles. The number of aromatic hydroxyl groups is 1. The number of amides is 2. The Kier molecular flexibility index (Phi) is 4.24. The molecule has 1 aliphatic rings. The largest absolute Gasteiger partial charge is 0.508 e. The monoisotopic (exact) mass is 277 g/mol. The van der Waals surface area contributed by atoms with E-state index in [1.54, 1.807) is 24.3 Å². The maximum Gasteiger partial charge on any atom is 0.240 e. The first kappa shape index (κ1) is 14.3. The molecule has 2 amide bonds. The fourth-order valence-electron chi connectivity index (χ4n) is 2.45. The van der Waals surface area contributed by atoms with Gasteiger partial charge in [0.15, 0.2) is 0 Å². The predicted octanol–water partition coefficient (Wildman–Crippen LogP) is -0.262. The second-order valence-electron chi connectivity index (χ2n) is 5.05. The Morgan fingerprint density at radius 3 is 2.55 bits per heavy atom. The normalized spacial score (nSPS) is 20.1. The quantitative estimate of drug-likeness (QED) is 0.688. The van der Waals surface area contributed by atoms with E-state index in [1.165, 1.54) is 4.90 Å². The molecular weight excluding hydrogens is 258 g/mol. The van der Waals surface area contributed by atoms with Crippen molar-refractivity contribution < 1.29 is 14.7 Å². The van der Waals surface area contributed by atoms with Gasteiger partial charge in [0.05, 0.1) is 6.04 Å². The highest BCUT2D eigenvalue weighted by atomic mass is 16.3. The maximum absolute atomic E-state index is 11.9. The number of likely N-dealkylation sites (tertiary alicyclic amines) is 1. The predicted molar refractivity (Wildman–Crippen MR) is 73.7 cm³/mol. The van der Waals surface area contributed by atoms with Gasteiger partial charge in [0.1, 0.15) is 11.8 Å². The van der Waals surface area contributed by atoms with E-state index in [4.69, 9.17) is 11.5 Å². The van der Waals surface area contributed by atoms with Gasteiger partial charge >= 0.3 is 0 Å². The lowest BCUT2D eigenvalue weighted by Gasteiger charge is -2.25. The van der Waals surface area contributed by atoms with Crippen LogP contribution in [0, 0.1) is 0 Å². The van der Waals surface area contributed by atoms with Gasteiger partial charge in [-0.15, -0.1) is 0 Å². The van der Waals surface area contributed by atoms with Crippen LogP contribution >= 0.6 is 0 Å². The third-order valence-electron chi connectivity index (χ3n) is 3.63. The zero-order valence-corrected chi connectivity index (χ0v) is 11.2. The summed E-state index contributed by atoms with van der Waals surface area (Å²) < 4.78 is 0. The van der Waals surface area contributed by atoms with Crippen molar-refractivity contribution in [1.82, 2.24) is 4.90 Å². The summed E-state index contributed by atoms with van der Waals surface area (Å²) in [7, 11) is 0. The van der Waals surface area contributed by atoms with Crippen LogP contribution in [-0.4, -0.2) is 40.4 Å². The Bertz CT molecular complexity index is 501. The van der Waals surface area contributed by atoms with Gasteiger partial charge in [-0.05, 0) is 37.0 Å². The minimum absolute atomic E-state index is 0.195. The minimum atomic E-state index is -0.621. The fourth-order valence-corrected chi connectivity index (χ4v) is 2.45. The Morgan fingerprint density at radius 2 is 2.05 bits per heavy atom. The average molecular weight is 277 g/mol. The van der Waals surface area contributed by atoms with Crippen LogP contribution in [-0.2, 0) is 16.0 Å². The van der Waals surface area contributed by atoms with Gasteiger partial charge in [0.2, 0.25) is 11.8 Å². The molecule has 5 N–H and O–H groups in total. The summed E-state index contributed by atoms with van der Waals surface area (Å²) in [4.78, 5) is 24.9. The molecular formula is C14H19N3O3. The highest BCUT2D eigenvalue weighted by Crippen LogP contribution is 2.18. The molecule has 1 fully saturated rings. The summed E-state index contributed by atoms with van der Waals surface area (Å²) in [5.41, 5.74) is 12.0. The van der Waals surface area contributed by atoms with Crippen molar-refractivity contribution in [2.75, 3.05) is 6.54 Å². The van der Waals surface area contributed by atoms with E-state index < -0.39 is 18.0 Å². The van der Waals surface area contributed by atoms with Gasteiger partial charge in [0, 0.05) is 6.54 Å². The molecule has 0 bridgehead atoms. The summed E-state index contributed by atoms with van der Waals surface area (Å²) in [5, 5.41) is 9.22. The zero-order chi connectivity index (χ0) is 14.7. The SMILES string of the molecule is NC(=O)C(CCc1ccc(O)cc1)N1CCC(N)C1=O. The first-order valence-electron chi connectivity index (χ1n) is 6.62. The van der Waals surface area contributed by atoms with Gasteiger partial charge in [-0.3, -0.25) is 9.59 Å². The van der Waals surface area contributed by atoms with E-state index in [0.717, 1.165) is 5.56 Å². The smallest absolute Gasteiger partial charge is 0.240 e. The summed E-state index contributed by atoms with van der Waals surface area (Å²) in [6.45, 7) is 0.475. The van der Waals surface area contributed by atoms with Gasteiger partial charge in [-0.1, -0.05) is 12.1 Å². The van der Waals surface area contributed by atoms with Crippen LogP contribution < -0.4 is 11.5 Å². The molecule has 108 valence electrons. The molecule has 6 nitrogen and oxygen atoms in total. The standard InChI is InChI=1S/C14H19N3O3/c15-11-7-8-17(14(11)20)12(13(16)19)6-3-9-1-4-10(18)5-2-9/h1-2,4-5,11-12,18H,3,6-8,15H2,(H2,16,19). The number of benzene rings is 1. The van der Waals surface area contributed by atoms with E-state index in [1.807, 2.05) is 0 Å². The zero-order valence-electron chi connectivity index (χ0n) is 11.2. The molecule has 0 spiro atoms. The summed E-state index contributed by atoms with van der Waals surface area (Å²) in [6.07, 6.45) is 1.62. The van der Waals surface area contributed by atoms with Crippen LogP contribution in [0.25, 0.3) is 0 Å². The van der Waals surface area contributed by atoms with Crippen LogP contribution in [0.5, 0.6) is 5.75 Å².